The number of hydrogen-bond donors (Lipinski definition) is 2. The first kappa shape index (κ1) is 21.7. The molecule has 160 valence electrons. The molecule has 0 amide bonds. The van der Waals surface area contributed by atoms with E-state index in [0.717, 1.165) is 34.0 Å². The number of rotatable bonds is 7. The molecule has 0 aliphatic carbocycles. The van der Waals surface area contributed by atoms with Gasteiger partial charge in [-0.15, -0.1) is 11.3 Å². The number of benzene rings is 1. The SMILES string of the molecule is CCS(=O)(=O)N(Cc1ncc(C(=N)OC(=N)C(F)F)s1)c1nc2ccc(F)cc2o1. The third-order valence-electron chi connectivity index (χ3n) is 3.72. The molecule has 1 aromatic carbocycles. The first-order valence-corrected chi connectivity index (χ1v) is 10.7. The maximum Gasteiger partial charge on any atom is 0.312 e. The van der Waals surface area contributed by atoms with Crippen LogP contribution in [-0.4, -0.2) is 42.4 Å². The van der Waals surface area contributed by atoms with E-state index in [4.69, 9.17) is 15.2 Å². The largest absolute Gasteiger partial charge is 0.423 e. The van der Waals surface area contributed by atoms with Crippen molar-refractivity contribution < 1.29 is 30.7 Å². The Kier molecular flexibility index (Phi) is 6.07. The number of sulfonamides is 1. The van der Waals surface area contributed by atoms with Crippen LogP contribution in [0.25, 0.3) is 11.1 Å². The van der Waals surface area contributed by atoms with Crippen LogP contribution in [0.5, 0.6) is 0 Å². The number of fused-ring (bicyclic) bond motifs is 1. The van der Waals surface area contributed by atoms with Crippen molar-refractivity contribution >= 4 is 50.3 Å². The molecule has 0 unspecified atom stereocenters. The zero-order valence-corrected chi connectivity index (χ0v) is 16.9. The van der Waals surface area contributed by atoms with Gasteiger partial charge in [-0.3, -0.25) is 10.8 Å². The first-order chi connectivity index (χ1) is 14.1. The fourth-order valence-corrected chi connectivity index (χ4v) is 4.07. The van der Waals surface area contributed by atoms with E-state index in [0.29, 0.717) is 0 Å². The Balaban J connectivity index is 1.89. The molecule has 9 nitrogen and oxygen atoms in total. The average molecular weight is 461 g/mol. The summed E-state index contributed by atoms with van der Waals surface area (Å²) in [5, 5.41) is 14.8. The van der Waals surface area contributed by atoms with Crippen LogP contribution in [0.3, 0.4) is 0 Å². The van der Waals surface area contributed by atoms with E-state index in [1.54, 1.807) is 0 Å². The Bertz CT molecular complexity index is 1210. The lowest BCUT2D eigenvalue weighted by atomic mass is 10.3. The summed E-state index contributed by atoms with van der Waals surface area (Å²) in [6.45, 7) is 1.09. The molecule has 0 saturated carbocycles. The third kappa shape index (κ3) is 4.59. The lowest BCUT2D eigenvalue weighted by molar-refractivity contribution is 0.197. The van der Waals surface area contributed by atoms with Gasteiger partial charge in [-0.25, -0.2) is 22.1 Å². The summed E-state index contributed by atoms with van der Waals surface area (Å²) in [6.07, 6.45) is -2.04. The third-order valence-corrected chi connectivity index (χ3v) is 6.39. The minimum absolute atomic E-state index is 0.0175. The Morgan fingerprint density at radius 3 is 2.77 bits per heavy atom. The molecule has 14 heteroatoms. The maximum atomic E-state index is 13.4. The van der Waals surface area contributed by atoms with Gasteiger partial charge in [0.1, 0.15) is 21.2 Å². The molecule has 0 radical (unpaired) electrons. The summed E-state index contributed by atoms with van der Waals surface area (Å²) in [5.74, 6) is -2.97. The van der Waals surface area contributed by atoms with Crippen LogP contribution in [0.15, 0.2) is 28.8 Å². The quantitative estimate of drug-likeness (QED) is 0.409. The Morgan fingerprint density at radius 1 is 1.37 bits per heavy atom. The summed E-state index contributed by atoms with van der Waals surface area (Å²) in [4.78, 5) is 8.07. The highest BCUT2D eigenvalue weighted by Gasteiger charge is 2.28. The molecular formula is C16H14F3N5O4S2. The van der Waals surface area contributed by atoms with Crippen molar-refractivity contribution in [3.8, 4) is 0 Å². The van der Waals surface area contributed by atoms with Gasteiger partial charge in [0, 0.05) is 6.07 Å². The minimum atomic E-state index is -3.88. The number of hydrogen-bond acceptors (Lipinski definition) is 9. The highest BCUT2D eigenvalue weighted by molar-refractivity contribution is 7.92. The molecule has 0 saturated heterocycles. The Morgan fingerprint density at radius 2 is 2.10 bits per heavy atom. The summed E-state index contributed by atoms with van der Waals surface area (Å²) >= 11 is 0.816. The van der Waals surface area contributed by atoms with Gasteiger partial charge in [-0.2, -0.15) is 13.8 Å². The molecular weight excluding hydrogens is 447 g/mol. The van der Waals surface area contributed by atoms with Crippen molar-refractivity contribution in [3.05, 3.63) is 40.1 Å². The molecule has 3 aromatic rings. The highest BCUT2D eigenvalue weighted by Crippen LogP contribution is 2.27. The maximum absolute atomic E-state index is 13.4. The van der Waals surface area contributed by atoms with Crippen LogP contribution in [-0.2, 0) is 21.3 Å². The number of halogens is 3. The highest BCUT2D eigenvalue weighted by atomic mass is 32.2. The topological polar surface area (TPSA) is 133 Å². The normalized spacial score (nSPS) is 11.8. The number of aromatic nitrogens is 2. The van der Waals surface area contributed by atoms with Gasteiger partial charge in [0.15, 0.2) is 5.58 Å². The van der Waals surface area contributed by atoms with Gasteiger partial charge in [-0.1, -0.05) is 0 Å². The number of thiazole rings is 1. The molecule has 2 heterocycles. The van der Waals surface area contributed by atoms with E-state index < -0.39 is 34.1 Å². The van der Waals surface area contributed by atoms with Crippen LogP contribution in [0.4, 0.5) is 19.2 Å². The van der Waals surface area contributed by atoms with Gasteiger partial charge in [0.05, 0.1) is 18.5 Å². The number of alkyl halides is 2. The van der Waals surface area contributed by atoms with Crippen LogP contribution < -0.4 is 4.31 Å². The molecule has 2 N–H and O–H groups in total. The van der Waals surface area contributed by atoms with Gasteiger partial charge in [-0.05, 0) is 19.1 Å². The summed E-state index contributed by atoms with van der Waals surface area (Å²) in [6, 6.07) is 3.27. The molecule has 0 fully saturated rings. The molecule has 3 rings (SSSR count). The van der Waals surface area contributed by atoms with E-state index in [1.165, 1.54) is 13.0 Å². The van der Waals surface area contributed by atoms with Crippen molar-refractivity contribution in [3.63, 3.8) is 0 Å². The van der Waals surface area contributed by atoms with Crippen LogP contribution in [0.2, 0.25) is 0 Å². The zero-order chi connectivity index (χ0) is 22.1. The predicted molar refractivity (Wildman–Crippen MR) is 103 cm³/mol. The van der Waals surface area contributed by atoms with Crippen LogP contribution in [0.1, 0.15) is 16.8 Å². The lowest BCUT2D eigenvalue weighted by Gasteiger charge is -2.18. The van der Waals surface area contributed by atoms with Crippen molar-refractivity contribution in [2.24, 2.45) is 0 Å². The Hall–Kier alpha value is -3.00. The summed E-state index contributed by atoms with van der Waals surface area (Å²) in [5.41, 5.74) is 0.310. The van der Waals surface area contributed by atoms with E-state index >= 15 is 0 Å². The fraction of sp³-hybridized carbons (Fsp3) is 0.250. The molecule has 0 spiro atoms. The van der Waals surface area contributed by atoms with E-state index in [-0.39, 0.29) is 39.3 Å². The van der Waals surface area contributed by atoms with E-state index in [9.17, 15) is 21.6 Å². The average Bonchev–Trinajstić information content (AvgIpc) is 3.32. The number of ether oxygens (including phenoxy) is 1. The van der Waals surface area contributed by atoms with Gasteiger partial charge in [0.25, 0.3) is 5.90 Å². The van der Waals surface area contributed by atoms with Gasteiger partial charge >= 0.3 is 12.4 Å². The molecule has 0 bridgehead atoms. The standard InChI is InChI=1S/C16H14F3N5O4S2/c1-2-30(25,26)24(16-23-9-4-3-8(17)5-10(9)27-16)7-12-22-6-11(29-12)14(20)28-15(21)13(18)19/h3-6,13,20-21H,2,7H2,1H3. The number of anilines is 1. The summed E-state index contributed by atoms with van der Waals surface area (Å²) in [7, 11) is -3.88. The monoisotopic (exact) mass is 461 g/mol. The first-order valence-electron chi connectivity index (χ1n) is 8.25. The second kappa shape index (κ2) is 8.39. The van der Waals surface area contributed by atoms with E-state index in [1.807, 2.05) is 0 Å². The predicted octanol–water partition coefficient (Wildman–Crippen LogP) is 3.36. The second-order valence-corrected chi connectivity index (χ2v) is 9.03. The van der Waals surface area contributed by atoms with E-state index in [2.05, 4.69) is 14.7 Å². The zero-order valence-electron chi connectivity index (χ0n) is 15.2. The molecule has 30 heavy (non-hydrogen) atoms. The second-order valence-electron chi connectivity index (χ2n) is 5.73. The number of nitrogens with zero attached hydrogens (tertiary/aromatic N) is 3. The van der Waals surface area contributed by atoms with Crippen molar-refractivity contribution in [2.45, 2.75) is 19.9 Å². The minimum Gasteiger partial charge on any atom is -0.423 e. The summed E-state index contributed by atoms with van der Waals surface area (Å²) < 4.78 is 73.9. The Labute approximate surface area is 172 Å². The number of nitrogens with one attached hydrogen (secondary N) is 2. The molecule has 0 aliphatic rings. The van der Waals surface area contributed by atoms with Crippen LogP contribution >= 0.6 is 11.3 Å². The lowest BCUT2D eigenvalue weighted by Crippen LogP contribution is -2.32. The molecule has 2 aromatic heterocycles. The van der Waals surface area contributed by atoms with Crippen LogP contribution in [0, 0.1) is 16.6 Å². The van der Waals surface area contributed by atoms with Crippen molar-refractivity contribution in [1.82, 2.24) is 9.97 Å². The smallest absolute Gasteiger partial charge is 0.312 e. The van der Waals surface area contributed by atoms with Gasteiger partial charge < -0.3 is 9.15 Å². The fourth-order valence-electron chi connectivity index (χ4n) is 2.25. The molecule has 0 atom stereocenters. The van der Waals surface area contributed by atoms with Crippen molar-refractivity contribution in [1.29, 1.82) is 10.8 Å². The number of oxazole rings is 1. The molecule has 0 aliphatic heterocycles. The van der Waals surface area contributed by atoms with Crippen molar-refractivity contribution in [2.75, 3.05) is 10.1 Å². The van der Waals surface area contributed by atoms with Gasteiger partial charge in [0.2, 0.25) is 15.9 Å².